The van der Waals surface area contributed by atoms with E-state index in [1.165, 1.54) is 6.92 Å². The second kappa shape index (κ2) is 11.1. The van der Waals surface area contributed by atoms with Gasteiger partial charge in [-0.3, -0.25) is 14.4 Å². The van der Waals surface area contributed by atoms with E-state index in [4.69, 9.17) is 4.74 Å². The Kier molecular flexibility index (Phi) is 8.23. The molecule has 0 atom stereocenters. The number of likely N-dealkylation sites (tertiary alicyclic amines) is 1. The second-order valence-electron chi connectivity index (χ2n) is 7.79. The molecular formula is C24H27BrN2O4. The highest BCUT2D eigenvalue weighted by atomic mass is 79.9. The molecule has 1 saturated heterocycles. The van der Waals surface area contributed by atoms with Crippen molar-refractivity contribution in [2.24, 2.45) is 5.92 Å². The molecule has 1 heterocycles. The van der Waals surface area contributed by atoms with E-state index in [0.717, 1.165) is 22.9 Å². The molecular weight excluding hydrogens is 460 g/mol. The average Bonchev–Trinajstić information content (AvgIpc) is 2.76. The van der Waals surface area contributed by atoms with Gasteiger partial charge in [-0.15, -0.1) is 0 Å². The van der Waals surface area contributed by atoms with E-state index < -0.39 is 5.97 Å². The van der Waals surface area contributed by atoms with E-state index >= 15 is 0 Å². The molecule has 2 amide bonds. The van der Waals surface area contributed by atoms with Crippen LogP contribution in [0.25, 0.3) is 0 Å². The standard InChI is InChI=1S/C24H27BrN2O4/c1-17(28)31-22-7-3-5-20(15-22)24(30)27-12-10-19(11-13-27)16-26-23(29)9-8-18-4-2-6-21(25)14-18/h2-7,14-15,19H,8-13,16H2,1H3,(H,26,29). The van der Waals surface area contributed by atoms with Crippen LogP contribution in [0.4, 0.5) is 0 Å². The van der Waals surface area contributed by atoms with Gasteiger partial charge in [0.15, 0.2) is 0 Å². The SMILES string of the molecule is CC(=O)Oc1cccc(C(=O)N2CCC(CNC(=O)CCc3cccc(Br)c3)CC2)c1. The number of esters is 1. The van der Waals surface area contributed by atoms with Crippen molar-refractivity contribution >= 4 is 33.7 Å². The molecule has 0 radical (unpaired) electrons. The lowest BCUT2D eigenvalue weighted by molar-refractivity contribution is -0.131. The lowest BCUT2D eigenvalue weighted by atomic mass is 9.96. The van der Waals surface area contributed by atoms with E-state index in [9.17, 15) is 14.4 Å². The van der Waals surface area contributed by atoms with E-state index in [2.05, 4.69) is 21.2 Å². The largest absolute Gasteiger partial charge is 0.427 e. The minimum Gasteiger partial charge on any atom is -0.427 e. The lowest BCUT2D eigenvalue weighted by Crippen LogP contribution is -2.41. The average molecular weight is 487 g/mol. The summed E-state index contributed by atoms with van der Waals surface area (Å²) in [6, 6.07) is 14.7. The zero-order valence-electron chi connectivity index (χ0n) is 17.6. The Morgan fingerprint density at radius 2 is 1.84 bits per heavy atom. The first-order valence-corrected chi connectivity index (χ1v) is 11.3. The van der Waals surface area contributed by atoms with Crippen LogP contribution in [0.1, 0.15) is 42.1 Å². The predicted molar refractivity (Wildman–Crippen MR) is 122 cm³/mol. The van der Waals surface area contributed by atoms with Crippen LogP contribution in [0.5, 0.6) is 5.75 Å². The highest BCUT2D eigenvalue weighted by Gasteiger charge is 2.24. The van der Waals surface area contributed by atoms with Crippen LogP contribution in [0, 0.1) is 5.92 Å². The minimum absolute atomic E-state index is 0.0563. The van der Waals surface area contributed by atoms with Gasteiger partial charge in [0.25, 0.3) is 5.91 Å². The van der Waals surface area contributed by atoms with Gasteiger partial charge < -0.3 is 15.0 Å². The molecule has 2 aromatic rings. The zero-order valence-corrected chi connectivity index (χ0v) is 19.2. The molecule has 0 bridgehead atoms. The number of halogens is 1. The zero-order chi connectivity index (χ0) is 22.2. The topological polar surface area (TPSA) is 75.7 Å². The van der Waals surface area contributed by atoms with E-state index in [1.807, 2.05) is 29.2 Å². The Hall–Kier alpha value is -2.67. The van der Waals surface area contributed by atoms with E-state index in [0.29, 0.717) is 49.7 Å². The summed E-state index contributed by atoms with van der Waals surface area (Å²) < 4.78 is 6.08. The lowest BCUT2D eigenvalue weighted by Gasteiger charge is -2.32. The second-order valence-corrected chi connectivity index (χ2v) is 8.71. The number of hydrogen-bond acceptors (Lipinski definition) is 4. The van der Waals surface area contributed by atoms with E-state index in [1.54, 1.807) is 24.3 Å². The molecule has 164 valence electrons. The predicted octanol–water partition coefficient (Wildman–Crippen LogP) is 3.98. The van der Waals surface area contributed by atoms with Crippen LogP contribution in [-0.4, -0.2) is 42.3 Å². The molecule has 0 aliphatic carbocycles. The summed E-state index contributed by atoms with van der Waals surface area (Å²) in [5.74, 6) is 0.320. The maximum absolute atomic E-state index is 12.8. The van der Waals surface area contributed by atoms with Crippen LogP contribution in [0.15, 0.2) is 53.0 Å². The maximum atomic E-state index is 12.8. The summed E-state index contributed by atoms with van der Waals surface area (Å²) in [5, 5.41) is 3.04. The fraction of sp³-hybridized carbons (Fsp3) is 0.375. The third-order valence-electron chi connectivity index (χ3n) is 5.36. The molecule has 31 heavy (non-hydrogen) atoms. The Bertz CT molecular complexity index is 939. The summed E-state index contributed by atoms with van der Waals surface area (Å²) in [6.07, 6.45) is 2.87. The van der Waals surface area contributed by atoms with Gasteiger partial charge in [0, 0.05) is 43.0 Å². The number of benzene rings is 2. The van der Waals surface area contributed by atoms with Gasteiger partial charge in [-0.2, -0.15) is 0 Å². The summed E-state index contributed by atoms with van der Waals surface area (Å²) >= 11 is 3.45. The molecule has 0 spiro atoms. The Morgan fingerprint density at radius 3 is 2.55 bits per heavy atom. The Labute approximate surface area is 191 Å². The summed E-state index contributed by atoms with van der Waals surface area (Å²) in [5.41, 5.74) is 1.65. The highest BCUT2D eigenvalue weighted by molar-refractivity contribution is 9.10. The molecule has 3 rings (SSSR count). The third-order valence-corrected chi connectivity index (χ3v) is 5.86. The number of aryl methyl sites for hydroxylation is 1. The normalized spacial score (nSPS) is 14.2. The first-order chi connectivity index (χ1) is 14.9. The molecule has 1 fully saturated rings. The number of nitrogens with one attached hydrogen (secondary N) is 1. The van der Waals surface area contributed by atoms with Crippen molar-refractivity contribution in [3.63, 3.8) is 0 Å². The van der Waals surface area contributed by atoms with Crippen molar-refractivity contribution in [2.75, 3.05) is 19.6 Å². The first kappa shape index (κ1) is 23.0. The number of nitrogens with zero attached hydrogens (tertiary/aromatic N) is 1. The Balaban J connectivity index is 1.40. The van der Waals surface area contributed by atoms with Crippen molar-refractivity contribution in [3.8, 4) is 5.75 Å². The quantitative estimate of drug-likeness (QED) is 0.474. The molecule has 6 nitrogen and oxygen atoms in total. The van der Waals surface area contributed by atoms with Crippen molar-refractivity contribution in [1.82, 2.24) is 10.2 Å². The number of piperidine rings is 1. The molecule has 1 aliphatic heterocycles. The molecule has 2 aromatic carbocycles. The first-order valence-electron chi connectivity index (χ1n) is 10.5. The van der Waals surface area contributed by atoms with Gasteiger partial charge in [-0.05, 0) is 61.1 Å². The van der Waals surface area contributed by atoms with Crippen molar-refractivity contribution in [1.29, 1.82) is 0 Å². The van der Waals surface area contributed by atoms with Crippen LogP contribution in [-0.2, 0) is 16.0 Å². The molecule has 0 unspecified atom stereocenters. The van der Waals surface area contributed by atoms with Crippen LogP contribution < -0.4 is 10.1 Å². The monoisotopic (exact) mass is 486 g/mol. The van der Waals surface area contributed by atoms with Crippen molar-refractivity contribution in [2.45, 2.75) is 32.6 Å². The summed E-state index contributed by atoms with van der Waals surface area (Å²) in [7, 11) is 0. The van der Waals surface area contributed by atoms with Crippen LogP contribution >= 0.6 is 15.9 Å². The molecule has 0 saturated carbocycles. The number of carbonyl (C=O) groups is 3. The van der Waals surface area contributed by atoms with Crippen molar-refractivity contribution in [3.05, 3.63) is 64.1 Å². The van der Waals surface area contributed by atoms with Crippen molar-refractivity contribution < 1.29 is 19.1 Å². The van der Waals surface area contributed by atoms with E-state index in [-0.39, 0.29) is 11.8 Å². The van der Waals surface area contributed by atoms with Gasteiger partial charge in [0.05, 0.1) is 0 Å². The van der Waals surface area contributed by atoms with Gasteiger partial charge in [0.2, 0.25) is 5.91 Å². The fourth-order valence-corrected chi connectivity index (χ4v) is 4.12. The number of rotatable bonds is 7. The highest BCUT2D eigenvalue weighted by Crippen LogP contribution is 2.21. The summed E-state index contributed by atoms with van der Waals surface area (Å²) in [4.78, 5) is 37.9. The molecule has 0 aromatic heterocycles. The van der Waals surface area contributed by atoms with Gasteiger partial charge in [-0.1, -0.05) is 34.1 Å². The maximum Gasteiger partial charge on any atom is 0.308 e. The Morgan fingerprint density at radius 1 is 1.10 bits per heavy atom. The van der Waals surface area contributed by atoms with Gasteiger partial charge >= 0.3 is 5.97 Å². The molecule has 7 heteroatoms. The van der Waals surface area contributed by atoms with Crippen LogP contribution in [0.2, 0.25) is 0 Å². The van der Waals surface area contributed by atoms with Gasteiger partial charge in [-0.25, -0.2) is 0 Å². The minimum atomic E-state index is -0.413. The summed E-state index contributed by atoms with van der Waals surface area (Å²) in [6.45, 7) is 3.27. The smallest absolute Gasteiger partial charge is 0.308 e. The number of hydrogen-bond donors (Lipinski definition) is 1. The third kappa shape index (κ3) is 7.21. The number of carbonyl (C=O) groups excluding carboxylic acids is 3. The fourth-order valence-electron chi connectivity index (χ4n) is 3.68. The molecule has 1 N–H and O–H groups in total. The number of amides is 2. The number of ether oxygens (including phenoxy) is 1. The van der Waals surface area contributed by atoms with Gasteiger partial charge in [0.1, 0.15) is 5.75 Å². The molecule has 1 aliphatic rings. The van der Waals surface area contributed by atoms with Crippen LogP contribution in [0.3, 0.4) is 0 Å².